The standard InChI is InChI=1S/C13H21N3/c1-2-7-13(14)10-16(11-13)9-6-12-5-3-4-8-15-12/h3-5,8H,2,6-7,9-11,14H2,1H3. The SMILES string of the molecule is CCCC1(N)CN(CCc2ccccn2)C1. The lowest BCUT2D eigenvalue weighted by atomic mass is 9.86. The Balaban J connectivity index is 1.70. The van der Waals surface area contributed by atoms with Gasteiger partial charge in [-0.15, -0.1) is 0 Å². The number of nitrogens with two attached hydrogens (primary N) is 1. The summed E-state index contributed by atoms with van der Waals surface area (Å²) in [5, 5.41) is 0. The van der Waals surface area contributed by atoms with Gasteiger partial charge in [0.1, 0.15) is 0 Å². The molecule has 0 radical (unpaired) electrons. The summed E-state index contributed by atoms with van der Waals surface area (Å²) in [7, 11) is 0. The highest BCUT2D eigenvalue weighted by Gasteiger charge is 2.37. The second-order valence-corrected chi connectivity index (χ2v) is 4.89. The molecule has 0 spiro atoms. The highest BCUT2D eigenvalue weighted by Crippen LogP contribution is 2.22. The van der Waals surface area contributed by atoms with E-state index >= 15 is 0 Å². The van der Waals surface area contributed by atoms with Crippen LogP contribution in [0.15, 0.2) is 24.4 Å². The second kappa shape index (κ2) is 4.93. The van der Waals surface area contributed by atoms with E-state index in [0.29, 0.717) is 0 Å². The summed E-state index contributed by atoms with van der Waals surface area (Å²) in [6.45, 7) is 5.38. The highest BCUT2D eigenvalue weighted by atomic mass is 15.2. The quantitative estimate of drug-likeness (QED) is 0.814. The number of rotatable bonds is 5. The van der Waals surface area contributed by atoms with E-state index in [4.69, 9.17) is 5.73 Å². The van der Waals surface area contributed by atoms with Gasteiger partial charge >= 0.3 is 0 Å². The summed E-state index contributed by atoms with van der Waals surface area (Å²) < 4.78 is 0. The molecule has 0 aromatic carbocycles. The largest absolute Gasteiger partial charge is 0.323 e. The lowest BCUT2D eigenvalue weighted by Crippen LogP contribution is -2.67. The summed E-state index contributed by atoms with van der Waals surface area (Å²) >= 11 is 0. The zero-order valence-electron chi connectivity index (χ0n) is 10.0. The van der Waals surface area contributed by atoms with Crippen LogP contribution in [0.5, 0.6) is 0 Å². The van der Waals surface area contributed by atoms with Gasteiger partial charge in [0.25, 0.3) is 0 Å². The lowest BCUT2D eigenvalue weighted by Gasteiger charge is -2.48. The van der Waals surface area contributed by atoms with Crippen molar-refractivity contribution in [1.29, 1.82) is 0 Å². The molecule has 1 fully saturated rings. The molecule has 2 N–H and O–H groups in total. The van der Waals surface area contributed by atoms with Crippen molar-refractivity contribution in [1.82, 2.24) is 9.88 Å². The summed E-state index contributed by atoms with van der Waals surface area (Å²) in [5.41, 5.74) is 7.49. The molecule has 16 heavy (non-hydrogen) atoms. The summed E-state index contributed by atoms with van der Waals surface area (Å²) in [5.74, 6) is 0. The molecule has 3 heteroatoms. The zero-order valence-corrected chi connectivity index (χ0v) is 10.0. The van der Waals surface area contributed by atoms with Crippen LogP contribution in [0.1, 0.15) is 25.5 Å². The maximum atomic E-state index is 6.22. The molecule has 1 aliphatic rings. The number of pyridine rings is 1. The fourth-order valence-corrected chi connectivity index (χ4v) is 2.48. The first kappa shape index (κ1) is 11.6. The molecule has 0 bridgehead atoms. The Labute approximate surface area is 97.7 Å². The maximum absolute atomic E-state index is 6.22. The lowest BCUT2D eigenvalue weighted by molar-refractivity contribution is 0.0650. The Hall–Kier alpha value is -0.930. The number of likely N-dealkylation sites (tertiary alicyclic amines) is 1. The van der Waals surface area contributed by atoms with Gasteiger partial charge in [0.15, 0.2) is 0 Å². The Bertz CT molecular complexity index is 317. The smallest absolute Gasteiger partial charge is 0.0416 e. The third-order valence-corrected chi connectivity index (χ3v) is 3.24. The van der Waals surface area contributed by atoms with Crippen molar-refractivity contribution in [3.05, 3.63) is 30.1 Å². The van der Waals surface area contributed by atoms with Crippen LogP contribution in [0.4, 0.5) is 0 Å². The monoisotopic (exact) mass is 219 g/mol. The molecule has 1 aromatic heterocycles. The Morgan fingerprint density at radius 2 is 2.25 bits per heavy atom. The number of hydrogen-bond donors (Lipinski definition) is 1. The van der Waals surface area contributed by atoms with E-state index in [1.54, 1.807) is 0 Å². The van der Waals surface area contributed by atoms with E-state index in [2.05, 4.69) is 22.9 Å². The molecular weight excluding hydrogens is 198 g/mol. The minimum Gasteiger partial charge on any atom is -0.323 e. The maximum Gasteiger partial charge on any atom is 0.0416 e. The molecule has 0 saturated carbocycles. The summed E-state index contributed by atoms with van der Waals surface area (Å²) in [6, 6.07) is 6.09. The molecule has 1 aromatic rings. The van der Waals surface area contributed by atoms with Gasteiger partial charge in [-0.2, -0.15) is 0 Å². The van der Waals surface area contributed by atoms with Crippen LogP contribution in [-0.2, 0) is 6.42 Å². The summed E-state index contributed by atoms with van der Waals surface area (Å²) in [4.78, 5) is 6.74. The fourth-order valence-electron chi connectivity index (χ4n) is 2.48. The van der Waals surface area contributed by atoms with Gasteiger partial charge < -0.3 is 5.73 Å². The van der Waals surface area contributed by atoms with Crippen LogP contribution in [0.2, 0.25) is 0 Å². The van der Waals surface area contributed by atoms with Crippen LogP contribution < -0.4 is 5.73 Å². The highest BCUT2D eigenvalue weighted by molar-refractivity contribution is 5.05. The van der Waals surface area contributed by atoms with Crippen molar-refractivity contribution in [2.75, 3.05) is 19.6 Å². The predicted molar refractivity (Wildman–Crippen MR) is 66.2 cm³/mol. The number of nitrogens with zero attached hydrogens (tertiary/aromatic N) is 2. The van der Waals surface area contributed by atoms with Crippen molar-refractivity contribution in [3.63, 3.8) is 0 Å². The first-order valence-corrected chi connectivity index (χ1v) is 6.13. The molecule has 88 valence electrons. The Morgan fingerprint density at radius 1 is 1.44 bits per heavy atom. The van der Waals surface area contributed by atoms with Crippen LogP contribution in [0, 0.1) is 0 Å². The third-order valence-electron chi connectivity index (χ3n) is 3.24. The first-order valence-electron chi connectivity index (χ1n) is 6.13. The summed E-state index contributed by atoms with van der Waals surface area (Å²) in [6.07, 6.45) is 5.22. The first-order chi connectivity index (χ1) is 7.72. The van der Waals surface area contributed by atoms with Crippen molar-refractivity contribution in [2.24, 2.45) is 5.73 Å². The van der Waals surface area contributed by atoms with Gasteiger partial charge in [-0.25, -0.2) is 0 Å². The van der Waals surface area contributed by atoms with Crippen molar-refractivity contribution < 1.29 is 0 Å². The second-order valence-electron chi connectivity index (χ2n) is 4.89. The topological polar surface area (TPSA) is 42.1 Å². The van der Waals surface area contributed by atoms with E-state index in [-0.39, 0.29) is 5.54 Å². The van der Waals surface area contributed by atoms with E-state index in [1.807, 2.05) is 18.3 Å². The Morgan fingerprint density at radius 3 is 2.88 bits per heavy atom. The average molecular weight is 219 g/mol. The van der Waals surface area contributed by atoms with Gasteiger partial charge in [0.2, 0.25) is 0 Å². The molecule has 2 rings (SSSR count). The molecule has 3 nitrogen and oxygen atoms in total. The van der Waals surface area contributed by atoms with E-state index < -0.39 is 0 Å². The molecule has 0 amide bonds. The molecule has 1 aliphatic heterocycles. The van der Waals surface area contributed by atoms with Crippen molar-refractivity contribution in [3.8, 4) is 0 Å². The van der Waals surface area contributed by atoms with Crippen molar-refractivity contribution >= 4 is 0 Å². The van der Waals surface area contributed by atoms with Gasteiger partial charge in [0, 0.05) is 43.5 Å². The third kappa shape index (κ3) is 2.80. The minimum atomic E-state index is 0.0961. The number of aromatic nitrogens is 1. The molecule has 1 saturated heterocycles. The van der Waals surface area contributed by atoms with Gasteiger partial charge in [-0.05, 0) is 18.6 Å². The van der Waals surface area contributed by atoms with Crippen LogP contribution in [0.25, 0.3) is 0 Å². The van der Waals surface area contributed by atoms with Crippen molar-refractivity contribution in [2.45, 2.75) is 31.7 Å². The molecule has 2 heterocycles. The van der Waals surface area contributed by atoms with Crippen LogP contribution >= 0.6 is 0 Å². The van der Waals surface area contributed by atoms with Gasteiger partial charge in [-0.1, -0.05) is 19.4 Å². The molecule has 0 unspecified atom stereocenters. The van der Waals surface area contributed by atoms with E-state index in [1.165, 1.54) is 12.1 Å². The Kier molecular flexibility index (Phi) is 3.56. The van der Waals surface area contributed by atoms with Gasteiger partial charge in [0.05, 0.1) is 0 Å². The van der Waals surface area contributed by atoms with E-state index in [9.17, 15) is 0 Å². The molecular formula is C13H21N3. The van der Waals surface area contributed by atoms with Crippen LogP contribution in [0.3, 0.4) is 0 Å². The molecule has 0 atom stereocenters. The van der Waals surface area contributed by atoms with Gasteiger partial charge in [-0.3, -0.25) is 9.88 Å². The average Bonchev–Trinajstić information content (AvgIpc) is 2.25. The predicted octanol–water partition coefficient (Wildman–Crippen LogP) is 1.44. The van der Waals surface area contributed by atoms with E-state index in [0.717, 1.165) is 32.5 Å². The molecule has 0 aliphatic carbocycles. The zero-order chi connectivity index (χ0) is 11.4. The fraction of sp³-hybridized carbons (Fsp3) is 0.615. The van der Waals surface area contributed by atoms with Crippen LogP contribution in [-0.4, -0.2) is 35.1 Å². The number of hydrogen-bond acceptors (Lipinski definition) is 3. The normalized spacial score (nSPS) is 19.4. The minimum absolute atomic E-state index is 0.0961.